The van der Waals surface area contributed by atoms with Crippen molar-refractivity contribution in [1.29, 1.82) is 0 Å². The predicted molar refractivity (Wildman–Crippen MR) is 82.5 cm³/mol. The number of aromatic nitrogens is 1. The molecule has 2 fully saturated rings. The molecule has 0 radical (unpaired) electrons. The average Bonchev–Trinajstić information content (AvgIpc) is 2.76. The molecule has 1 saturated heterocycles. The van der Waals surface area contributed by atoms with Crippen LogP contribution in [0.3, 0.4) is 0 Å². The summed E-state index contributed by atoms with van der Waals surface area (Å²) in [6, 6.07) is 7.47. The van der Waals surface area contributed by atoms with Gasteiger partial charge in [0, 0.05) is 41.7 Å². The van der Waals surface area contributed by atoms with Gasteiger partial charge in [-0.15, -0.1) is 0 Å². The van der Waals surface area contributed by atoms with Crippen LogP contribution in [0.5, 0.6) is 0 Å². The zero-order chi connectivity index (χ0) is 14.6. The maximum Gasteiger partial charge on any atom is 0.252 e. The molecular formula is C16H17ClN2O2. The Morgan fingerprint density at radius 1 is 1.33 bits per heavy atom. The van der Waals surface area contributed by atoms with Gasteiger partial charge < -0.3 is 10.1 Å². The number of fused-ring (bicyclic) bond motifs is 2. The van der Waals surface area contributed by atoms with Crippen LogP contribution in [0.1, 0.15) is 12.0 Å². The molecule has 2 heterocycles. The number of benzene rings is 1. The number of nitrogens with zero attached hydrogens (tertiary/aromatic N) is 1. The van der Waals surface area contributed by atoms with Gasteiger partial charge in [-0.05, 0) is 35.9 Å². The number of pyridine rings is 1. The first-order chi connectivity index (χ1) is 10.1. The first-order valence-electron chi connectivity index (χ1n) is 7.32. The third-order valence-corrected chi connectivity index (χ3v) is 5.12. The lowest BCUT2D eigenvalue weighted by molar-refractivity contribution is -0.00435. The van der Waals surface area contributed by atoms with Crippen molar-refractivity contribution in [2.24, 2.45) is 11.8 Å². The van der Waals surface area contributed by atoms with E-state index in [4.69, 9.17) is 11.6 Å². The van der Waals surface area contributed by atoms with Gasteiger partial charge in [-0.1, -0.05) is 17.7 Å². The lowest BCUT2D eigenvalue weighted by atomic mass is 9.74. The number of hydrogen-bond acceptors (Lipinski definition) is 3. The Kier molecular flexibility index (Phi) is 3.06. The van der Waals surface area contributed by atoms with Gasteiger partial charge in [0.05, 0.1) is 6.10 Å². The minimum atomic E-state index is -0.142. The monoisotopic (exact) mass is 304 g/mol. The van der Waals surface area contributed by atoms with E-state index >= 15 is 0 Å². The molecule has 0 bridgehead atoms. The van der Waals surface area contributed by atoms with Gasteiger partial charge in [-0.3, -0.25) is 9.69 Å². The number of halogens is 1. The topological polar surface area (TPSA) is 56.3 Å². The fraction of sp³-hybridized carbons (Fsp3) is 0.438. The summed E-state index contributed by atoms with van der Waals surface area (Å²) in [5, 5.41) is 11.3. The van der Waals surface area contributed by atoms with Gasteiger partial charge in [-0.2, -0.15) is 0 Å². The number of aliphatic hydroxyl groups excluding tert-OH is 1. The van der Waals surface area contributed by atoms with Gasteiger partial charge in [0.1, 0.15) is 0 Å². The first-order valence-corrected chi connectivity index (χ1v) is 7.70. The van der Waals surface area contributed by atoms with E-state index in [-0.39, 0.29) is 11.7 Å². The summed E-state index contributed by atoms with van der Waals surface area (Å²) >= 11 is 5.95. The zero-order valence-electron chi connectivity index (χ0n) is 11.6. The fourth-order valence-corrected chi connectivity index (χ4v) is 3.84. The number of nitrogens with one attached hydrogen (secondary N) is 1. The second kappa shape index (κ2) is 4.83. The SMILES string of the molecule is O=c1[nH]c2cc(Cl)ccc2cc1CN1C[C@H]2C[C@H](O)[C@H]2C1. The molecule has 110 valence electrons. The molecule has 4 nitrogen and oxygen atoms in total. The molecule has 0 spiro atoms. The van der Waals surface area contributed by atoms with Crippen LogP contribution in [0, 0.1) is 11.8 Å². The molecule has 0 unspecified atom stereocenters. The van der Waals surface area contributed by atoms with Gasteiger partial charge in [0.15, 0.2) is 0 Å². The number of aromatic amines is 1. The molecule has 0 amide bonds. The van der Waals surface area contributed by atoms with Crippen molar-refractivity contribution in [3.05, 3.63) is 45.2 Å². The quantitative estimate of drug-likeness (QED) is 0.892. The molecule has 1 aliphatic heterocycles. The molecule has 3 atom stereocenters. The lowest BCUT2D eigenvalue weighted by Crippen LogP contribution is -2.39. The van der Waals surface area contributed by atoms with Gasteiger partial charge >= 0.3 is 0 Å². The number of hydrogen-bond donors (Lipinski definition) is 2. The first kappa shape index (κ1) is 13.3. The Morgan fingerprint density at radius 2 is 2.19 bits per heavy atom. The van der Waals surface area contributed by atoms with Crippen LogP contribution in [0.4, 0.5) is 0 Å². The molecule has 4 rings (SSSR count). The van der Waals surface area contributed by atoms with Crippen molar-refractivity contribution in [1.82, 2.24) is 9.88 Å². The summed E-state index contributed by atoms with van der Waals surface area (Å²) < 4.78 is 0. The Bertz CT molecular complexity index is 758. The summed E-state index contributed by atoms with van der Waals surface area (Å²) in [6.45, 7) is 2.53. The highest BCUT2D eigenvalue weighted by Crippen LogP contribution is 2.41. The Labute approximate surface area is 127 Å². The van der Waals surface area contributed by atoms with E-state index in [1.54, 1.807) is 6.07 Å². The molecule has 2 aliphatic rings. The molecule has 2 aromatic rings. The van der Waals surface area contributed by atoms with E-state index in [1.165, 1.54) is 0 Å². The highest BCUT2D eigenvalue weighted by Gasteiger charge is 2.46. The van der Waals surface area contributed by atoms with E-state index in [9.17, 15) is 9.90 Å². The molecular weight excluding hydrogens is 288 g/mol. The molecule has 2 N–H and O–H groups in total. The standard InChI is InChI=1S/C16H17ClN2O2/c17-12-2-1-9-3-11(16(21)18-14(9)5-12)7-19-6-10-4-15(20)13(10)8-19/h1-3,5,10,13,15,20H,4,6-8H2,(H,18,21)/t10-,13+,15+/m1/s1. The van der Waals surface area contributed by atoms with Crippen LogP contribution >= 0.6 is 11.6 Å². The second-order valence-electron chi connectivity index (χ2n) is 6.28. The highest BCUT2D eigenvalue weighted by molar-refractivity contribution is 6.31. The van der Waals surface area contributed by atoms with Crippen molar-refractivity contribution in [3.8, 4) is 0 Å². The van der Waals surface area contributed by atoms with Crippen molar-refractivity contribution in [2.75, 3.05) is 13.1 Å². The normalized spacial score (nSPS) is 28.6. The Hall–Kier alpha value is -1.36. The number of rotatable bonds is 2. The third kappa shape index (κ3) is 2.27. The van der Waals surface area contributed by atoms with E-state index in [2.05, 4.69) is 9.88 Å². The second-order valence-corrected chi connectivity index (χ2v) is 6.71. The van der Waals surface area contributed by atoms with Gasteiger partial charge in [0.2, 0.25) is 0 Å². The van der Waals surface area contributed by atoms with Crippen LogP contribution in [0.25, 0.3) is 10.9 Å². The molecule has 5 heteroatoms. The number of H-pyrrole nitrogens is 1. The summed E-state index contributed by atoms with van der Waals surface area (Å²) in [5.41, 5.74) is 1.50. The third-order valence-electron chi connectivity index (χ3n) is 4.88. The molecule has 1 aromatic heterocycles. The van der Waals surface area contributed by atoms with E-state index in [1.807, 2.05) is 18.2 Å². The Balaban J connectivity index is 1.60. The minimum Gasteiger partial charge on any atom is -0.393 e. The lowest BCUT2D eigenvalue weighted by Gasteiger charge is -2.35. The average molecular weight is 305 g/mol. The van der Waals surface area contributed by atoms with Crippen molar-refractivity contribution in [2.45, 2.75) is 19.1 Å². The van der Waals surface area contributed by atoms with Crippen molar-refractivity contribution in [3.63, 3.8) is 0 Å². The summed E-state index contributed by atoms with van der Waals surface area (Å²) in [4.78, 5) is 17.4. The summed E-state index contributed by atoms with van der Waals surface area (Å²) in [7, 11) is 0. The molecule has 1 aliphatic carbocycles. The predicted octanol–water partition coefficient (Wildman–Crippen LogP) is 1.99. The van der Waals surface area contributed by atoms with Crippen molar-refractivity contribution < 1.29 is 5.11 Å². The Morgan fingerprint density at radius 3 is 2.95 bits per heavy atom. The highest BCUT2D eigenvalue weighted by atomic mass is 35.5. The maximum absolute atomic E-state index is 12.2. The zero-order valence-corrected chi connectivity index (χ0v) is 12.3. The minimum absolute atomic E-state index is 0.0513. The van der Waals surface area contributed by atoms with E-state index < -0.39 is 0 Å². The van der Waals surface area contributed by atoms with Crippen LogP contribution < -0.4 is 5.56 Å². The fourth-order valence-electron chi connectivity index (χ4n) is 3.67. The van der Waals surface area contributed by atoms with Gasteiger partial charge in [0.25, 0.3) is 5.56 Å². The number of aliphatic hydroxyl groups is 1. The number of likely N-dealkylation sites (tertiary alicyclic amines) is 1. The smallest absolute Gasteiger partial charge is 0.252 e. The van der Waals surface area contributed by atoms with Crippen molar-refractivity contribution >= 4 is 22.5 Å². The van der Waals surface area contributed by atoms with E-state index in [0.29, 0.717) is 23.4 Å². The van der Waals surface area contributed by atoms with Gasteiger partial charge in [-0.25, -0.2) is 0 Å². The summed E-state index contributed by atoms with van der Waals surface area (Å²) in [5.74, 6) is 1.02. The van der Waals surface area contributed by atoms with Crippen LogP contribution in [0.15, 0.2) is 29.1 Å². The molecule has 21 heavy (non-hydrogen) atoms. The maximum atomic E-state index is 12.2. The van der Waals surface area contributed by atoms with Crippen LogP contribution in [0.2, 0.25) is 5.02 Å². The van der Waals surface area contributed by atoms with Crippen LogP contribution in [-0.4, -0.2) is 34.2 Å². The summed E-state index contributed by atoms with van der Waals surface area (Å²) in [6.07, 6.45) is 0.769. The largest absolute Gasteiger partial charge is 0.393 e. The van der Waals surface area contributed by atoms with Crippen LogP contribution in [-0.2, 0) is 6.54 Å². The molecule has 1 aromatic carbocycles. The van der Waals surface area contributed by atoms with E-state index in [0.717, 1.165) is 36.0 Å². The molecule has 1 saturated carbocycles.